The molecule has 1 fully saturated rings. The van der Waals surface area contributed by atoms with Gasteiger partial charge >= 0.3 is 0 Å². The Morgan fingerprint density at radius 2 is 2.11 bits per heavy atom. The van der Waals surface area contributed by atoms with E-state index in [1.165, 1.54) is 16.6 Å². The van der Waals surface area contributed by atoms with E-state index in [1.54, 1.807) is 0 Å². The van der Waals surface area contributed by atoms with Gasteiger partial charge in [-0.3, -0.25) is 4.98 Å². The third-order valence-corrected chi connectivity index (χ3v) is 3.98. The Morgan fingerprint density at radius 3 is 2.89 bits per heavy atom. The number of nitrogens with zero attached hydrogens (tertiary/aromatic N) is 2. The van der Waals surface area contributed by atoms with Crippen LogP contribution in [-0.4, -0.2) is 24.1 Å². The summed E-state index contributed by atoms with van der Waals surface area (Å²) < 4.78 is 0. The van der Waals surface area contributed by atoms with Crippen LogP contribution in [0.1, 0.15) is 18.9 Å². The lowest BCUT2D eigenvalue weighted by Gasteiger charge is -2.37. The van der Waals surface area contributed by atoms with Crippen molar-refractivity contribution < 1.29 is 0 Å². The number of hydrogen-bond acceptors (Lipinski definition) is 3. The number of aromatic nitrogens is 1. The Hall–Kier alpha value is -1.61. The SMILES string of the molecule is Cc1ccc(N2CC(C)CC(N)C2)c2cccnc12. The molecule has 0 spiro atoms. The quantitative estimate of drug-likeness (QED) is 0.852. The van der Waals surface area contributed by atoms with E-state index in [0.29, 0.717) is 5.92 Å². The minimum absolute atomic E-state index is 0.275. The van der Waals surface area contributed by atoms with Crippen LogP contribution in [-0.2, 0) is 0 Å². The Balaban J connectivity index is 2.07. The molecular weight excluding hydrogens is 234 g/mol. The molecule has 1 aliphatic rings. The first kappa shape index (κ1) is 12.4. The number of piperidine rings is 1. The molecule has 0 bridgehead atoms. The first-order valence-corrected chi connectivity index (χ1v) is 7.00. The summed E-state index contributed by atoms with van der Waals surface area (Å²) in [5.74, 6) is 0.650. The van der Waals surface area contributed by atoms with E-state index in [1.807, 2.05) is 12.3 Å². The van der Waals surface area contributed by atoms with E-state index in [0.717, 1.165) is 25.0 Å². The maximum Gasteiger partial charge on any atom is 0.0751 e. The molecule has 2 heterocycles. The van der Waals surface area contributed by atoms with E-state index in [-0.39, 0.29) is 6.04 Å². The summed E-state index contributed by atoms with van der Waals surface area (Å²) in [6, 6.07) is 8.82. The lowest BCUT2D eigenvalue weighted by Crippen LogP contribution is -2.46. The molecule has 0 amide bonds. The van der Waals surface area contributed by atoms with Gasteiger partial charge in [0, 0.05) is 36.4 Å². The molecule has 2 atom stereocenters. The van der Waals surface area contributed by atoms with Gasteiger partial charge in [0.25, 0.3) is 0 Å². The van der Waals surface area contributed by atoms with Crippen LogP contribution in [0.2, 0.25) is 0 Å². The van der Waals surface area contributed by atoms with E-state index in [9.17, 15) is 0 Å². The first-order chi connectivity index (χ1) is 9.15. The van der Waals surface area contributed by atoms with Gasteiger partial charge in [-0.05, 0) is 43.0 Å². The predicted octanol–water partition coefficient (Wildman–Crippen LogP) is 2.72. The fourth-order valence-electron chi connectivity index (χ4n) is 3.17. The highest BCUT2D eigenvalue weighted by molar-refractivity contribution is 5.93. The van der Waals surface area contributed by atoms with Crippen molar-refractivity contribution in [1.29, 1.82) is 0 Å². The van der Waals surface area contributed by atoms with Gasteiger partial charge in [-0.15, -0.1) is 0 Å². The van der Waals surface area contributed by atoms with E-state index >= 15 is 0 Å². The molecule has 1 aliphatic heterocycles. The average Bonchev–Trinajstić information content (AvgIpc) is 2.38. The third-order valence-electron chi connectivity index (χ3n) is 3.98. The molecule has 3 heteroatoms. The second-order valence-corrected chi connectivity index (χ2v) is 5.81. The summed E-state index contributed by atoms with van der Waals surface area (Å²) >= 11 is 0. The molecule has 1 aromatic heterocycles. The zero-order valence-corrected chi connectivity index (χ0v) is 11.6. The summed E-state index contributed by atoms with van der Waals surface area (Å²) in [7, 11) is 0. The fourth-order valence-corrected chi connectivity index (χ4v) is 3.17. The van der Waals surface area contributed by atoms with Gasteiger partial charge in [-0.25, -0.2) is 0 Å². The van der Waals surface area contributed by atoms with Gasteiger partial charge in [0.05, 0.1) is 5.52 Å². The van der Waals surface area contributed by atoms with Crippen molar-refractivity contribution in [2.24, 2.45) is 11.7 Å². The van der Waals surface area contributed by atoms with Crippen LogP contribution < -0.4 is 10.6 Å². The van der Waals surface area contributed by atoms with Crippen molar-refractivity contribution in [3.8, 4) is 0 Å². The van der Waals surface area contributed by atoms with Crippen LogP contribution in [0.3, 0.4) is 0 Å². The Labute approximate surface area is 114 Å². The number of anilines is 1. The van der Waals surface area contributed by atoms with Gasteiger partial charge < -0.3 is 10.6 Å². The third kappa shape index (κ3) is 2.30. The molecule has 1 aromatic carbocycles. The van der Waals surface area contributed by atoms with Crippen molar-refractivity contribution in [2.45, 2.75) is 26.3 Å². The summed E-state index contributed by atoms with van der Waals surface area (Å²) in [4.78, 5) is 6.94. The number of rotatable bonds is 1. The largest absolute Gasteiger partial charge is 0.369 e. The fraction of sp³-hybridized carbons (Fsp3) is 0.438. The monoisotopic (exact) mass is 255 g/mol. The van der Waals surface area contributed by atoms with Gasteiger partial charge in [0.15, 0.2) is 0 Å². The van der Waals surface area contributed by atoms with Gasteiger partial charge in [0.2, 0.25) is 0 Å². The molecule has 2 aromatic rings. The number of benzene rings is 1. The highest BCUT2D eigenvalue weighted by atomic mass is 15.2. The number of fused-ring (bicyclic) bond motifs is 1. The van der Waals surface area contributed by atoms with Crippen molar-refractivity contribution in [1.82, 2.24) is 4.98 Å². The normalized spacial score (nSPS) is 23.8. The summed E-state index contributed by atoms with van der Waals surface area (Å²) in [6.07, 6.45) is 2.99. The van der Waals surface area contributed by atoms with E-state index in [4.69, 9.17) is 5.73 Å². The molecule has 0 aliphatic carbocycles. The molecular formula is C16H21N3. The maximum atomic E-state index is 6.17. The number of pyridine rings is 1. The lowest BCUT2D eigenvalue weighted by molar-refractivity contribution is 0.402. The summed E-state index contributed by atoms with van der Waals surface area (Å²) in [5.41, 5.74) is 9.78. The lowest BCUT2D eigenvalue weighted by atomic mass is 9.95. The molecule has 0 radical (unpaired) electrons. The Kier molecular flexibility index (Phi) is 3.15. The average molecular weight is 255 g/mol. The molecule has 2 unspecified atom stereocenters. The second kappa shape index (κ2) is 4.82. The minimum atomic E-state index is 0.275. The number of nitrogens with two attached hydrogens (primary N) is 1. The molecule has 2 N–H and O–H groups in total. The van der Waals surface area contributed by atoms with Crippen LogP contribution in [0, 0.1) is 12.8 Å². The van der Waals surface area contributed by atoms with Gasteiger partial charge in [-0.2, -0.15) is 0 Å². The zero-order chi connectivity index (χ0) is 13.4. The van der Waals surface area contributed by atoms with E-state index in [2.05, 4.69) is 41.9 Å². The van der Waals surface area contributed by atoms with Crippen molar-refractivity contribution in [3.63, 3.8) is 0 Å². The predicted molar refractivity (Wildman–Crippen MR) is 80.4 cm³/mol. The molecule has 0 saturated carbocycles. The summed E-state index contributed by atoms with van der Waals surface area (Å²) in [5, 5.41) is 1.24. The summed E-state index contributed by atoms with van der Waals surface area (Å²) in [6.45, 7) is 6.42. The van der Waals surface area contributed by atoms with Crippen LogP contribution >= 0.6 is 0 Å². The number of hydrogen-bond donors (Lipinski definition) is 1. The zero-order valence-electron chi connectivity index (χ0n) is 11.6. The van der Waals surface area contributed by atoms with Gasteiger partial charge in [-0.1, -0.05) is 13.0 Å². The molecule has 19 heavy (non-hydrogen) atoms. The van der Waals surface area contributed by atoms with Crippen LogP contribution in [0.4, 0.5) is 5.69 Å². The molecule has 3 rings (SSSR count). The molecule has 3 nitrogen and oxygen atoms in total. The molecule has 1 saturated heterocycles. The van der Waals surface area contributed by atoms with Crippen molar-refractivity contribution in [2.75, 3.05) is 18.0 Å². The maximum absolute atomic E-state index is 6.17. The molecule has 100 valence electrons. The van der Waals surface area contributed by atoms with Crippen LogP contribution in [0.5, 0.6) is 0 Å². The highest BCUT2D eigenvalue weighted by Gasteiger charge is 2.23. The second-order valence-electron chi connectivity index (χ2n) is 5.81. The topological polar surface area (TPSA) is 42.1 Å². The standard InChI is InChI=1S/C16H21N3/c1-11-8-13(17)10-19(9-11)15-6-5-12(2)16-14(15)4-3-7-18-16/h3-7,11,13H,8-10,17H2,1-2H3. The van der Waals surface area contributed by atoms with Gasteiger partial charge in [0.1, 0.15) is 0 Å². The number of aryl methyl sites for hydroxylation is 1. The Bertz CT molecular complexity index is 584. The minimum Gasteiger partial charge on any atom is -0.369 e. The van der Waals surface area contributed by atoms with Crippen LogP contribution in [0.25, 0.3) is 10.9 Å². The Morgan fingerprint density at radius 1 is 1.26 bits per heavy atom. The van der Waals surface area contributed by atoms with E-state index < -0.39 is 0 Å². The smallest absolute Gasteiger partial charge is 0.0751 e. The van der Waals surface area contributed by atoms with Crippen molar-refractivity contribution >= 4 is 16.6 Å². The first-order valence-electron chi connectivity index (χ1n) is 7.00. The van der Waals surface area contributed by atoms with Crippen molar-refractivity contribution in [3.05, 3.63) is 36.0 Å². The van der Waals surface area contributed by atoms with Crippen LogP contribution in [0.15, 0.2) is 30.5 Å². The highest BCUT2D eigenvalue weighted by Crippen LogP contribution is 2.30.